The van der Waals surface area contributed by atoms with E-state index in [0.29, 0.717) is 30.1 Å². The highest BCUT2D eigenvalue weighted by atomic mass is 16.5. The van der Waals surface area contributed by atoms with Crippen LogP contribution in [-0.4, -0.2) is 32.4 Å². The Hall–Kier alpha value is -1.06. The molecule has 1 aliphatic heterocycles. The average Bonchev–Trinajstić information content (AvgIpc) is 2.70. The van der Waals surface area contributed by atoms with Crippen molar-refractivity contribution in [3.05, 3.63) is 29.8 Å². The molecule has 2 rings (SSSR count). The summed E-state index contributed by atoms with van der Waals surface area (Å²) in [5.74, 6) is 2.05. The van der Waals surface area contributed by atoms with Crippen molar-refractivity contribution < 1.29 is 9.47 Å². The van der Waals surface area contributed by atoms with Crippen molar-refractivity contribution in [2.24, 2.45) is 11.8 Å². The summed E-state index contributed by atoms with van der Waals surface area (Å²) >= 11 is 0. The third-order valence-corrected chi connectivity index (χ3v) is 4.74. The molecule has 1 aliphatic rings. The monoisotopic (exact) mass is 277 g/mol. The van der Waals surface area contributed by atoms with E-state index in [0.717, 1.165) is 12.2 Å². The lowest BCUT2D eigenvalue weighted by Crippen LogP contribution is -2.41. The molecule has 1 aromatic rings. The zero-order chi connectivity index (χ0) is 14.7. The molecule has 0 radical (unpaired) electrons. The highest BCUT2D eigenvalue weighted by molar-refractivity contribution is 5.29. The summed E-state index contributed by atoms with van der Waals surface area (Å²) in [6, 6.07) is 8.77. The molecule has 5 atom stereocenters. The van der Waals surface area contributed by atoms with Gasteiger partial charge in [-0.25, -0.2) is 0 Å². The first kappa shape index (κ1) is 15.3. The lowest BCUT2D eigenvalue weighted by molar-refractivity contribution is 0.0479. The fourth-order valence-electron chi connectivity index (χ4n) is 3.47. The van der Waals surface area contributed by atoms with Crippen LogP contribution in [0.4, 0.5) is 0 Å². The summed E-state index contributed by atoms with van der Waals surface area (Å²) in [7, 11) is 3.76. The molecule has 3 heteroatoms. The van der Waals surface area contributed by atoms with Gasteiger partial charge in [-0.2, -0.15) is 0 Å². The van der Waals surface area contributed by atoms with Gasteiger partial charge in [0.15, 0.2) is 0 Å². The molecule has 0 aromatic heterocycles. The maximum atomic E-state index is 5.99. The van der Waals surface area contributed by atoms with Crippen LogP contribution in [0.25, 0.3) is 0 Å². The predicted octanol–water partition coefficient (Wildman–Crippen LogP) is 2.89. The summed E-state index contributed by atoms with van der Waals surface area (Å²) in [4.78, 5) is 0. The number of nitrogens with one attached hydrogen (secondary N) is 1. The quantitative estimate of drug-likeness (QED) is 0.897. The van der Waals surface area contributed by atoms with E-state index in [-0.39, 0.29) is 0 Å². The van der Waals surface area contributed by atoms with Crippen LogP contribution in [0.5, 0.6) is 5.75 Å². The van der Waals surface area contributed by atoms with Gasteiger partial charge in [0.2, 0.25) is 0 Å². The Balaban J connectivity index is 2.12. The molecule has 1 heterocycles. The van der Waals surface area contributed by atoms with E-state index >= 15 is 0 Å². The smallest absolute Gasteiger partial charge is 0.119 e. The van der Waals surface area contributed by atoms with Crippen LogP contribution in [0.1, 0.15) is 26.3 Å². The maximum absolute atomic E-state index is 5.99. The summed E-state index contributed by atoms with van der Waals surface area (Å²) in [5.41, 5.74) is 1.31. The Bertz CT molecular complexity index is 435. The molecule has 1 saturated heterocycles. The van der Waals surface area contributed by atoms with Gasteiger partial charge in [0.1, 0.15) is 5.75 Å². The number of benzene rings is 1. The minimum atomic E-state index is 0.308. The van der Waals surface area contributed by atoms with E-state index in [4.69, 9.17) is 9.47 Å². The second kappa shape index (κ2) is 6.59. The van der Waals surface area contributed by atoms with Gasteiger partial charge >= 0.3 is 0 Å². The highest BCUT2D eigenvalue weighted by Gasteiger charge is 2.40. The van der Waals surface area contributed by atoms with E-state index in [9.17, 15) is 0 Å². The lowest BCUT2D eigenvalue weighted by atomic mass is 9.81. The molecule has 0 spiro atoms. The number of rotatable bonds is 5. The van der Waals surface area contributed by atoms with Crippen molar-refractivity contribution in [1.29, 1.82) is 0 Å². The molecule has 0 amide bonds. The van der Waals surface area contributed by atoms with Crippen LogP contribution >= 0.6 is 0 Å². The van der Waals surface area contributed by atoms with Crippen LogP contribution < -0.4 is 10.1 Å². The van der Waals surface area contributed by atoms with Crippen LogP contribution in [0.3, 0.4) is 0 Å². The minimum Gasteiger partial charge on any atom is -0.497 e. The molecule has 3 nitrogen and oxygen atoms in total. The second-order valence-electron chi connectivity index (χ2n) is 5.93. The Morgan fingerprint density at radius 2 is 2.00 bits per heavy atom. The predicted molar refractivity (Wildman–Crippen MR) is 82.2 cm³/mol. The van der Waals surface area contributed by atoms with Crippen molar-refractivity contribution >= 4 is 0 Å². The van der Waals surface area contributed by atoms with E-state index < -0.39 is 0 Å². The molecule has 0 aliphatic carbocycles. The Morgan fingerprint density at radius 3 is 2.55 bits per heavy atom. The van der Waals surface area contributed by atoms with Crippen molar-refractivity contribution in [2.75, 3.05) is 14.2 Å². The zero-order valence-electron chi connectivity index (χ0n) is 13.2. The standard InChI is InChI=1S/C17H27NO2/c1-11-12(2)20-13(3)17(11)16(18-4)10-14-7-6-8-15(9-14)19-5/h6-9,11-13,16-18H,10H2,1-5H3. The summed E-state index contributed by atoms with van der Waals surface area (Å²) < 4.78 is 11.3. The van der Waals surface area contributed by atoms with Crippen molar-refractivity contribution in [3.8, 4) is 5.75 Å². The zero-order valence-corrected chi connectivity index (χ0v) is 13.2. The van der Waals surface area contributed by atoms with E-state index in [2.05, 4.69) is 44.3 Å². The van der Waals surface area contributed by atoms with E-state index in [1.807, 2.05) is 13.1 Å². The van der Waals surface area contributed by atoms with Gasteiger partial charge in [-0.3, -0.25) is 0 Å². The summed E-state index contributed by atoms with van der Waals surface area (Å²) in [5, 5.41) is 3.49. The molecule has 1 aromatic carbocycles. The number of ether oxygens (including phenoxy) is 2. The fourth-order valence-corrected chi connectivity index (χ4v) is 3.47. The largest absolute Gasteiger partial charge is 0.497 e. The third-order valence-electron chi connectivity index (χ3n) is 4.74. The molecular formula is C17H27NO2. The first-order chi connectivity index (χ1) is 9.56. The van der Waals surface area contributed by atoms with Gasteiger partial charge in [0, 0.05) is 12.0 Å². The number of hydrogen-bond donors (Lipinski definition) is 1. The van der Waals surface area contributed by atoms with Gasteiger partial charge in [0.25, 0.3) is 0 Å². The number of likely N-dealkylation sites (N-methyl/N-ethyl adjacent to an activating group) is 1. The second-order valence-corrected chi connectivity index (χ2v) is 5.93. The average molecular weight is 277 g/mol. The van der Waals surface area contributed by atoms with Crippen LogP contribution in [0, 0.1) is 11.8 Å². The van der Waals surface area contributed by atoms with Crippen LogP contribution in [-0.2, 0) is 11.2 Å². The SMILES string of the molecule is CNC(Cc1cccc(OC)c1)C1C(C)OC(C)C1C. The number of methoxy groups -OCH3 is 1. The Morgan fingerprint density at radius 1 is 1.25 bits per heavy atom. The third kappa shape index (κ3) is 3.15. The molecule has 20 heavy (non-hydrogen) atoms. The highest BCUT2D eigenvalue weighted by Crippen LogP contribution is 2.35. The van der Waals surface area contributed by atoms with Gasteiger partial charge in [-0.15, -0.1) is 0 Å². The topological polar surface area (TPSA) is 30.5 Å². The minimum absolute atomic E-state index is 0.308. The molecule has 112 valence electrons. The van der Waals surface area contributed by atoms with Gasteiger partial charge in [-0.1, -0.05) is 19.1 Å². The first-order valence-corrected chi connectivity index (χ1v) is 7.52. The maximum Gasteiger partial charge on any atom is 0.119 e. The lowest BCUT2D eigenvalue weighted by Gasteiger charge is -2.29. The molecule has 1 N–H and O–H groups in total. The normalized spacial score (nSPS) is 31.2. The molecule has 0 saturated carbocycles. The van der Waals surface area contributed by atoms with Crippen molar-refractivity contribution in [2.45, 2.75) is 45.4 Å². The van der Waals surface area contributed by atoms with E-state index in [1.54, 1.807) is 7.11 Å². The summed E-state index contributed by atoms with van der Waals surface area (Å²) in [6.45, 7) is 6.68. The fraction of sp³-hybridized carbons (Fsp3) is 0.647. The van der Waals surface area contributed by atoms with Crippen molar-refractivity contribution in [1.82, 2.24) is 5.32 Å². The van der Waals surface area contributed by atoms with Gasteiger partial charge in [-0.05, 0) is 50.9 Å². The molecule has 1 fully saturated rings. The van der Waals surface area contributed by atoms with Crippen LogP contribution in [0.2, 0.25) is 0 Å². The molecular weight excluding hydrogens is 250 g/mol. The van der Waals surface area contributed by atoms with Crippen molar-refractivity contribution in [3.63, 3.8) is 0 Å². The molecule has 5 unspecified atom stereocenters. The molecule has 0 bridgehead atoms. The van der Waals surface area contributed by atoms with Gasteiger partial charge in [0.05, 0.1) is 19.3 Å². The Labute approximate surface area is 122 Å². The first-order valence-electron chi connectivity index (χ1n) is 7.52. The van der Waals surface area contributed by atoms with Gasteiger partial charge < -0.3 is 14.8 Å². The van der Waals surface area contributed by atoms with E-state index in [1.165, 1.54) is 5.56 Å². The van der Waals surface area contributed by atoms with Crippen LogP contribution in [0.15, 0.2) is 24.3 Å². The summed E-state index contributed by atoms with van der Waals surface area (Å²) in [6.07, 6.45) is 1.66. The Kier molecular flexibility index (Phi) is 5.06. The number of hydrogen-bond acceptors (Lipinski definition) is 3.